The molecule has 1 aromatic rings. The first-order valence-corrected chi connectivity index (χ1v) is 9.00. The first-order valence-electron chi connectivity index (χ1n) is 7.11. The molecule has 1 aromatic heterocycles. The predicted molar refractivity (Wildman–Crippen MR) is 82.4 cm³/mol. The number of carbonyl (C=O) groups excluding carboxylic acids is 1. The molecule has 0 unspecified atom stereocenters. The van der Waals surface area contributed by atoms with Gasteiger partial charge in [-0.1, -0.05) is 0 Å². The number of hydrogen-bond acceptors (Lipinski definition) is 6. The maximum absolute atomic E-state index is 12.2. The van der Waals surface area contributed by atoms with Crippen LogP contribution in [0.1, 0.15) is 31.4 Å². The molecule has 1 atom stereocenters. The van der Waals surface area contributed by atoms with Crippen molar-refractivity contribution >= 4 is 21.9 Å². The van der Waals surface area contributed by atoms with E-state index in [2.05, 4.69) is 14.7 Å². The lowest BCUT2D eigenvalue weighted by Crippen LogP contribution is -2.48. The van der Waals surface area contributed by atoms with Crippen LogP contribution in [-0.2, 0) is 14.8 Å². The number of rotatable bonds is 4. The average Bonchev–Trinajstić information content (AvgIpc) is 2.45. The summed E-state index contributed by atoms with van der Waals surface area (Å²) in [6.07, 6.45) is 4.22. The van der Waals surface area contributed by atoms with Gasteiger partial charge in [-0.15, -0.1) is 0 Å². The van der Waals surface area contributed by atoms with Crippen LogP contribution >= 0.6 is 0 Å². The van der Waals surface area contributed by atoms with Crippen LogP contribution in [0.25, 0.3) is 0 Å². The highest BCUT2D eigenvalue weighted by Gasteiger charge is 2.28. The van der Waals surface area contributed by atoms with Gasteiger partial charge in [0.1, 0.15) is 0 Å². The Balaban J connectivity index is 1.93. The van der Waals surface area contributed by atoms with Crippen molar-refractivity contribution in [2.24, 2.45) is 0 Å². The molecule has 9 heteroatoms. The van der Waals surface area contributed by atoms with Crippen molar-refractivity contribution in [3.63, 3.8) is 0 Å². The van der Waals surface area contributed by atoms with Crippen molar-refractivity contribution in [3.05, 3.63) is 18.0 Å². The van der Waals surface area contributed by atoms with Crippen LogP contribution in [0, 0.1) is 0 Å². The van der Waals surface area contributed by atoms with E-state index in [9.17, 15) is 13.2 Å². The second-order valence-corrected chi connectivity index (χ2v) is 7.33. The predicted octanol–water partition coefficient (Wildman–Crippen LogP) is -0.297. The van der Waals surface area contributed by atoms with Crippen molar-refractivity contribution in [2.45, 2.75) is 31.7 Å². The number of nitrogen functional groups attached to an aromatic ring is 1. The van der Waals surface area contributed by atoms with E-state index >= 15 is 0 Å². The molecular formula is C13H21N5O3S. The first kappa shape index (κ1) is 16.6. The van der Waals surface area contributed by atoms with Crippen molar-refractivity contribution in [1.29, 1.82) is 0 Å². The minimum Gasteiger partial charge on any atom is -0.368 e. The Morgan fingerprint density at radius 1 is 1.45 bits per heavy atom. The maximum Gasteiger partial charge on any atom is 0.240 e. The monoisotopic (exact) mass is 327 g/mol. The molecule has 3 N–H and O–H groups in total. The number of hydrogen-bond donors (Lipinski definition) is 2. The fraction of sp³-hybridized carbons (Fsp3) is 0.615. The zero-order chi connectivity index (χ0) is 16.3. The average molecular weight is 327 g/mol. The molecule has 1 aliphatic rings. The number of piperidine rings is 1. The van der Waals surface area contributed by atoms with Crippen molar-refractivity contribution in [1.82, 2.24) is 19.6 Å². The Bertz CT molecular complexity index is 641. The van der Waals surface area contributed by atoms with Crippen LogP contribution in [-0.4, -0.2) is 54.6 Å². The van der Waals surface area contributed by atoms with Gasteiger partial charge in [0.2, 0.25) is 21.9 Å². The fourth-order valence-electron chi connectivity index (χ4n) is 2.66. The molecule has 1 aliphatic heterocycles. The highest BCUT2D eigenvalue weighted by atomic mass is 32.2. The maximum atomic E-state index is 12.2. The molecule has 0 saturated carbocycles. The van der Waals surface area contributed by atoms with E-state index in [4.69, 9.17) is 5.73 Å². The molecule has 2 rings (SSSR count). The summed E-state index contributed by atoms with van der Waals surface area (Å²) in [6, 6.07) is 1.09. The van der Waals surface area contributed by atoms with Gasteiger partial charge in [0, 0.05) is 30.9 Å². The fourth-order valence-corrected chi connectivity index (χ4v) is 3.40. The van der Waals surface area contributed by atoms with E-state index < -0.39 is 16.1 Å². The standard InChI is InChI=1S/C13H21N5O3S/c1-9(17-22(2,20)21)12(19)18-7-4-10(5-8-18)11-3-6-15-13(14)16-11/h3,6,9-10,17H,4-5,7-8H2,1-2H3,(H2,14,15,16)/t9-/m1/s1. The second-order valence-electron chi connectivity index (χ2n) is 5.55. The summed E-state index contributed by atoms with van der Waals surface area (Å²) in [6.45, 7) is 2.70. The minimum atomic E-state index is -3.39. The molecular weight excluding hydrogens is 306 g/mol. The number of likely N-dealkylation sites (tertiary alicyclic amines) is 1. The highest BCUT2D eigenvalue weighted by Crippen LogP contribution is 2.26. The Morgan fingerprint density at radius 2 is 2.09 bits per heavy atom. The number of anilines is 1. The smallest absolute Gasteiger partial charge is 0.240 e. The van der Waals surface area contributed by atoms with Gasteiger partial charge in [0.25, 0.3) is 0 Å². The largest absolute Gasteiger partial charge is 0.368 e. The quantitative estimate of drug-likeness (QED) is 0.784. The molecule has 1 fully saturated rings. The molecule has 1 amide bonds. The summed E-state index contributed by atoms with van der Waals surface area (Å²) >= 11 is 0. The van der Waals surface area contributed by atoms with Crippen molar-refractivity contribution in [3.8, 4) is 0 Å². The molecule has 0 aliphatic carbocycles. The molecule has 1 saturated heterocycles. The minimum absolute atomic E-state index is 0.203. The van der Waals surface area contributed by atoms with E-state index in [-0.39, 0.29) is 17.8 Å². The number of sulfonamides is 1. The Hall–Kier alpha value is -1.74. The van der Waals surface area contributed by atoms with E-state index in [0.717, 1.165) is 24.8 Å². The number of nitrogens with one attached hydrogen (secondary N) is 1. The van der Waals surface area contributed by atoms with Crippen molar-refractivity contribution in [2.75, 3.05) is 25.1 Å². The summed E-state index contributed by atoms with van der Waals surface area (Å²) < 4.78 is 24.7. The van der Waals surface area contributed by atoms with E-state index in [1.54, 1.807) is 18.0 Å². The van der Waals surface area contributed by atoms with Crippen LogP contribution in [0.4, 0.5) is 5.95 Å². The van der Waals surface area contributed by atoms with Gasteiger partial charge >= 0.3 is 0 Å². The molecule has 8 nitrogen and oxygen atoms in total. The van der Waals surface area contributed by atoms with Gasteiger partial charge < -0.3 is 10.6 Å². The zero-order valence-electron chi connectivity index (χ0n) is 12.7. The SMILES string of the molecule is C[C@@H](NS(C)(=O)=O)C(=O)N1CCC(c2ccnc(N)n2)CC1. The van der Waals surface area contributed by atoms with Crippen LogP contribution in [0.3, 0.4) is 0 Å². The topological polar surface area (TPSA) is 118 Å². The molecule has 0 aromatic carbocycles. The van der Waals surface area contributed by atoms with Crippen LogP contribution in [0.2, 0.25) is 0 Å². The van der Waals surface area contributed by atoms with E-state index in [1.165, 1.54) is 0 Å². The molecule has 2 heterocycles. The third-order valence-electron chi connectivity index (χ3n) is 3.68. The summed E-state index contributed by atoms with van der Waals surface area (Å²) in [7, 11) is -3.39. The Kier molecular flexibility index (Phi) is 4.97. The lowest BCUT2D eigenvalue weighted by Gasteiger charge is -2.33. The molecule has 122 valence electrons. The number of nitrogens with two attached hydrogens (primary N) is 1. The first-order chi connectivity index (χ1) is 10.3. The van der Waals surface area contributed by atoms with Gasteiger partial charge in [-0.25, -0.2) is 23.1 Å². The summed E-state index contributed by atoms with van der Waals surface area (Å²) in [4.78, 5) is 22.0. The van der Waals surface area contributed by atoms with E-state index in [0.29, 0.717) is 13.1 Å². The van der Waals surface area contributed by atoms with Gasteiger partial charge in [-0.2, -0.15) is 0 Å². The second kappa shape index (κ2) is 6.57. The molecule has 0 spiro atoms. The number of carbonyl (C=O) groups is 1. The van der Waals surface area contributed by atoms with Gasteiger partial charge in [-0.3, -0.25) is 4.79 Å². The molecule has 0 bridgehead atoms. The molecule has 22 heavy (non-hydrogen) atoms. The Labute approximate surface area is 130 Å². The van der Waals surface area contributed by atoms with Crippen LogP contribution < -0.4 is 10.5 Å². The third kappa shape index (κ3) is 4.38. The normalized spacial score (nSPS) is 18.2. The van der Waals surface area contributed by atoms with Crippen LogP contribution in [0.5, 0.6) is 0 Å². The van der Waals surface area contributed by atoms with Gasteiger partial charge in [0.05, 0.1) is 12.3 Å². The lowest BCUT2D eigenvalue weighted by atomic mass is 9.93. The Morgan fingerprint density at radius 3 is 2.64 bits per heavy atom. The van der Waals surface area contributed by atoms with Crippen LogP contribution in [0.15, 0.2) is 12.3 Å². The third-order valence-corrected chi connectivity index (χ3v) is 4.46. The summed E-state index contributed by atoms with van der Waals surface area (Å²) in [5.74, 6) is 0.292. The highest BCUT2D eigenvalue weighted by molar-refractivity contribution is 7.88. The summed E-state index contributed by atoms with van der Waals surface area (Å²) in [5, 5.41) is 0. The number of nitrogens with zero attached hydrogens (tertiary/aromatic N) is 3. The molecule has 0 radical (unpaired) electrons. The van der Waals surface area contributed by atoms with Crippen molar-refractivity contribution < 1.29 is 13.2 Å². The van der Waals surface area contributed by atoms with Gasteiger partial charge in [-0.05, 0) is 25.8 Å². The lowest BCUT2D eigenvalue weighted by molar-refractivity contribution is -0.133. The number of amides is 1. The van der Waals surface area contributed by atoms with Gasteiger partial charge in [0.15, 0.2) is 0 Å². The number of aromatic nitrogens is 2. The zero-order valence-corrected chi connectivity index (χ0v) is 13.5. The summed E-state index contributed by atoms with van der Waals surface area (Å²) in [5.41, 5.74) is 6.48. The van der Waals surface area contributed by atoms with E-state index in [1.807, 2.05) is 6.07 Å².